The molecule has 6 heteroatoms. The van der Waals surface area contributed by atoms with Crippen LogP contribution in [0.2, 0.25) is 0 Å². The molecule has 6 nitrogen and oxygen atoms in total. The SMILES string of the molecule is CCOC(=O)Nc1ccc(Nc2ccccc2)c(C(=O)O)c1. The molecule has 0 bridgehead atoms. The highest BCUT2D eigenvalue weighted by atomic mass is 16.5. The van der Waals surface area contributed by atoms with Gasteiger partial charge in [-0.3, -0.25) is 5.32 Å². The third kappa shape index (κ3) is 3.99. The number of rotatable bonds is 5. The van der Waals surface area contributed by atoms with Crippen molar-refractivity contribution in [2.45, 2.75) is 6.92 Å². The first-order valence-corrected chi connectivity index (χ1v) is 6.73. The molecule has 114 valence electrons. The van der Waals surface area contributed by atoms with E-state index in [-0.39, 0.29) is 12.2 Å². The Morgan fingerprint density at radius 1 is 1.09 bits per heavy atom. The van der Waals surface area contributed by atoms with Gasteiger partial charge in [-0.05, 0) is 37.3 Å². The zero-order valence-corrected chi connectivity index (χ0v) is 12.0. The summed E-state index contributed by atoms with van der Waals surface area (Å²) in [6, 6.07) is 13.8. The molecule has 0 heterocycles. The van der Waals surface area contributed by atoms with Crippen LogP contribution in [0.4, 0.5) is 21.9 Å². The van der Waals surface area contributed by atoms with Crippen molar-refractivity contribution in [2.24, 2.45) is 0 Å². The van der Waals surface area contributed by atoms with Gasteiger partial charge >= 0.3 is 12.1 Å². The van der Waals surface area contributed by atoms with Gasteiger partial charge in [-0.2, -0.15) is 0 Å². The summed E-state index contributed by atoms with van der Waals surface area (Å²) >= 11 is 0. The lowest BCUT2D eigenvalue weighted by atomic mass is 10.1. The molecular weight excluding hydrogens is 284 g/mol. The fraction of sp³-hybridized carbons (Fsp3) is 0.125. The van der Waals surface area contributed by atoms with Gasteiger partial charge in [-0.25, -0.2) is 9.59 Å². The Kier molecular flexibility index (Phi) is 4.98. The second kappa shape index (κ2) is 7.12. The number of hydrogen-bond acceptors (Lipinski definition) is 4. The maximum absolute atomic E-state index is 11.4. The van der Waals surface area contributed by atoms with Crippen LogP contribution >= 0.6 is 0 Å². The number of carbonyl (C=O) groups excluding carboxylic acids is 1. The molecule has 2 rings (SSSR count). The Morgan fingerprint density at radius 3 is 2.45 bits per heavy atom. The minimum Gasteiger partial charge on any atom is -0.478 e. The highest BCUT2D eigenvalue weighted by Crippen LogP contribution is 2.24. The highest BCUT2D eigenvalue weighted by molar-refractivity contribution is 5.97. The number of carbonyl (C=O) groups is 2. The summed E-state index contributed by atoms with van der Waals surface area (Å²) in [6.07, 6.45) is -0.623. The third-order valence-corrected chi connectivity index (χ3v) is 2.82. The van der Waals surface area contributed by atoms with Crippen molar-refractivity contribution in [2.75, 3.05) is 17.2 Å². The highest BCUT2D eigenvalue weighted by Gasteiger charge is 2.12. The topological polar surface area (TPSA) is 87.7 Å². The second-order valence-corrected chi connectivity index (χ2v) is 4.40. The lowest BCUT2D eigenvalue weighted by molar-refractivity contribution is 0.0698. The van der Waals surface area contributed by atoms with Gasteiger partial charge in [-0.1, -0.05) is 18.2 Å². The molecule has 22 heavy (non-hydrogen) atoms. The quantitative estimate of drug-likeness (QED) is 0.783. The summed E-state index contributed by atoms with van der Waals surface area (Å²) < 4.78 is 4.76. The molecular formula is C16H16N2O4. The number of carboxylic acids is 1. The van der Waals surface area contributed by atoms with Crippen LogP contribution in [0.1, 0.15) is 17.3 Å². The van der Waals surface area contributed by atoms with Crippen LogP contribution in [0.5, 0.6) is 0 Å². The molecule has 0 aliphatic rings. The van der Waals surface area contributed by atoms with Crippen molar-refractivity contribution < 1.29 is 19.4 Å². The van der Waals surface area contributed by atoms with Crippen molar-refractivity contribution in [3.63, 3.8) is 0 Å². The molecule has 3 N–H and O–H groups in total. The van der Waals surface area contributed by atoms with Crippen molar-refractivity contribution in [3.05, 3.63) is 54.1 Å². The summed E-state index contributed by atoms with van der Waals surface area (Å²) in [7, 11) is 0. The van der Waals surface area contributed by atoms with Gasteiger partial charge in [0.25, 0.3) is 0 Å². The van der Waals surface area contributed by atoms with Crippen LogP contribution in [-0.2, 0) is 4.74 Å². The largest absolute Gasteiger partial charge is 0.478 e. The van der Waals surface area contributed by atoms with E-state index in [1.807, 2.05) is 30.3 Å². The zero-order chi connectivity index (χ0) is 15.9. The summed E-state index contributed by atoms with van der Waals surface area (Å²) in [4.78, 5) is 22.8. The summed E-state index contributed by atoms with van der Waals surface area (Å²) in [6.45, 7) is 1.93. The van der Waals surface area contributed by atoms with E-state index < -0.39 is 12.1 Å². The van der Waals surface area contributed by atoms with Gasteiger partial charge in [0.05, 0.1) is 17.9 Å². The number of nitrogens with one attached hydrogen (secondary N) is 2. The average molecular weight is 300 g/mol. The third-order valence-electron chi connectivity index (χ3n) is 2.82. The normalized spacial score (nSPS) is 9.86. The van der Waals surface area contributed by atoms with E-state index in [0.29, 0.717) is 11.4 Å². The molecule has 0 saturated heterocycles. The molecule has 0 atom stereocenters. The lowest BCUT2D eigenvalue weighted by Gasteiger charge is -2.12. The number of ether oxygens (including phenoxy) is 1. The van der Waals surface area contributed by atoms with Crippen LogP contribution in [-0.4, -0.2) is 23.8 Å². The Hall–Kier alpha value is -3.02. The van der Waals surface area contributed by atoms with Crippen molar-refractivity contribution in [1.29, 1.82) is 0 Å². The van der Waals surface area contributed by atoms with E-state index in [0.717, 1.165) is 5.69 Å². The van der Waals surface area contributed by atoms with E-state index in [2.05, 4.69) is 10.6 Å². The zero-order valence-electron chi connectivity index (χ0n) is 12.0. The van der Waals surface area contributed by atoms with Gasteiger partial charge in [0.15, 0.2) is 0 Å². The average Bonchev–Trinajstić information content (AvgIpc) is 2.50. The summed E-state index contributed by atoms with van der Waals surface area (Å²) in [5.41, 5.74) is 1.62. The number of hydrogen-bond donors (Lipinski definition) is 3. The lowest BCUT2D eigenvalue weighted by Crippen LogP contribution is -2.14. The molecule has 2 aromatic rings. The number of carboxylic acid groups (broad SMARTS) is 1. The number of aromatic carboxylic acids is 1. The molecule has 0 radical (unpaired) electrons. The van der Waals surface area contributed by atoms with E-state index in [4.69, 9.17) is 4.74 Å². The monoisotopic (exact) mass is 300 g/mol. The molecule has 0 saturated carbocycles. The predicted molar refractivity (Wildman–Crippen MR) is 83.8 cm³/mol. The molecule has 1 amide bonds. The van der Waals surface area contributed by atoms with Gasteiger partial charge in [0, 0.05) is 11.4 Å². The fourth-order valence-electron chi connectivity index (χ4n) is 1.87. The van der Waals surface area contributed by atoms with Crippen molar-refractivity contribution >= 4 is 29.1 Å². The maximum Gasteiger partial charge on any atom is 0.411 e. The van der Waals surface area contributed by atoms with Crippen molar-refractivity contribution in [1.82, 2.24) is 0 Å². The predicted octanol–water partition coefficient (Wildman–Crippen LogP) is 3.70. The fourth-order valence-corrected chi connectivity index (χ4v) is 1.87. The first-order chi connectivity index (χ1) is 10.6. The molecule has 2 aromatic carbocycles. The Morgan fingerprint density at radius 2 is 1.82 bits per heavy atom. The minimum atomic E-state index is -1.09. The van der Waals surface area contributed by atoms with Gasteiger partial charge in [0.1, 0.15) is 0 Å². The number of amides is 1. The number of benzene rings is 2. The Balaban J connectivity index is 2.24. The van der Waals surface area contributed by atoms with E-state index in [9.17, 15) is 14.7 Å². The summed E-state index contributed by atoms with van der Waals surface area (Å²) in [5, 5.41) is 14.8. The Labute approximate surface area is 127 Å². The number of anilines is 3. The second-order valence-electron chi connectivity index (χ2n) is 4.40. The molecule has 0 unspecified atom stereocenters. The van der Waals surface area contributed by atoms with Gasteiger partial charge < -0.3 is 15.2 Å². The van der Waals surface area contributed by atoms with Crippen molar-refractivity contribution in [3.8, 4) is 0 Å². The van der Waals surface area contributed by atoms with Gasteiger partial charge in [-0.15, -0.1) is 0 Å². The maximum atomic E-state index is 11.4. The van der Waals surface area contributed by atoms with Crippen LogP contribution in [0.15, 0.2) is 48.5 Å². The molecule has 0 aromatic heterocycles. The first-order valence-electron chi connectivity index (χ1n) is 6.73. The van der Waals surface area contributed by atoms with Gasteiger partial charge in [0.2, 0.25) is 0 Å². The van der Waals surface area contributed by atoms with Crippen LogP contribution in [0.25, 0.3) is 0 Å². The summed E-state index contributed by atoms with van der Waals surface area (Å²) in [5.74, 6) is -1.09. The Bertz CT molecular complexity index is 671. The van der Waals surface area contributed by atoms with E-state index in [1.165, 1.54) is 6.07 Å². The molecule has 0 aliphatic carbocycles. The molecule has 0 aliphatic heterocycles. The number of para-hydroxylation sites is 1. The molecule has 0 spiro atoms. The molecule has 0 fully saturated rings. The van der Waals surface area contributed by atoms with E-state index >= 15 is 0 Å². The van der Waals surface area contributed by atoms with E-state index in [1.54, 1.807) is 19.1 Å². The first kappa shape index (κ1) is 15.4. The minimum absolute atomic E-state index is 0.0538. The smallest absolute Gasteiger partial charge is 0.411 e. The van der Waals surface area contributed by atoms with Crippen LogP contribution in [0, 0.1) is 0 Å². The van der Waals surface area contributed by atoms with Crippen LogP contribution in [0.3, 0.4) is 0 Å². The van der Waals surface area contributed by atoms with Crippen LogP contribution < -0.4 is 10.6 Å². The standard InChI is InChI=1S/C16H16N2O4/c1-2-22-16(21)18-12-8-9-14(13(10-12)15(19)20)17-11-6-4-3-5-7-11/h3-10,17H,2H2,1H3,(H,18,21)(H,19,20).